The lowest BCUT2D eigenvalue weighted by Gasteiger charge is -2.30. The Morgan fingerprint density at radius 2 is 0.821 bits per heavy atom. The summed E-state index contributed by atoms with van der Waals surface area (Å²) in [6.07, 6.45) is 0. The predicted octanol–water partition coefficient (Wildman–Crippen LogP) is 5.00. The van der Waals surface area contributed by atoms with Gasteiger partial charge in [0.25, 0.3) is 0 Å². The smallest absolute Gasteiger partial charge is 0.0988 e. The molecule has 0 nitrogen and oxygen atoms in total. The Bertz CT molecular complexity index is 916. The van der Waals surface area contributed by atoms with Crippen LogP contribution in [0.15, 0.2) is 137 Å². The Morgan fingerprint density at radius 1 is 0.464 bits per heavy atom. The van der Waals surface area contributed by atoms with Crippen molar-refractivity contribution in [3.8, 4) is 0 Å². The van der Waals surface area contributed by atoms with Gasteiger partial charge < -0.3 is 0 Å². The van der Waals surface area contributed by atoms with Gasteiger partial charge in [0.15, 0.2) is 8.07 Å². The van der Waals surface area contributed by atoms with E-state index in [9.17, 15) is 0 Å². The van der Waals surface area contributed by atoms with Gasteiger partial charge in [-0.1, -0.05) is 127 Å². The van der Waals surface area contributed by atoms with Gasteiger partial charge in [-0.25, -0.2) is 0 Å². The van der Waals surface area contributed by atoms with Gasteiger partial charge in [-0.15, -0.1) is 0 Å². The monoisotopic (exact) mass is 394 g/mol. The third kappa shape index (κ3) is 3.89. The van der Waals surface area contributed by atoms with Crippen molar-refractivity contribution in [3.05, 3.63) is 132 Å². The highest BCUT2D eigenvalue weighted by Crippen LogP contribution is 2.20. The summed E-state index contributed by atoms with van der Waals surface area (Å²) in [6.45, 7) is 0. The third-order valence-electron chi connectivity index (χ3n) is 4.95. The molecule has 0 N–H and O–H groups in total. The Labute approximate surface area is 172 Å². The molecule has 4 rings (SSSR count). The molecule has 4 aromatic carbocycles. The molecule has 4 aromatic rings. The average Bonchev–Trinajstić information content (AvgIpc) is 2.79. The highest BCUT2D eigenvalue weighted by molar-refractivity contribution is 8.02. The molecule has 0 aromatic heterocycles. The maximum absolute atomic E-state index is 2.48. The van der Waals surface area contributed by atoms with Crippen LogP contribution < -0.4 is 15.6 Å². The molecule has 2 heteroatoms. The van der Waals surface area contributed by atoms with Crippen molar-refractivity contribution >= 4 is 35.4 Å². The van der Waals surface area contributed by atoms with Crippen molar-refractivity contribution in [2.24, 2.45) is 0 Å². The van der Waals surface area contributed by atoms with Crippen LogP contribution in [0, 0.1) is 0 Å². The normalized spacial score (nSPS) is 11.6. The zero-order chi connectivity index (χ0) is 19.1. The Kier molecular flexibility index (Phi) is 5.91. The molecule has 0 atom stereocenters. The first kappa shape index (κ1) is 18.5. The molecule has 0 aliphatic rings. The van der Waals surface area contributed by atoms with E-state index in [-0.39, 0.29) is 0 Å². The van der Waals surface area contributed by atoms with E-state index in [1.807, 2.05) is 0 Å². The molecule has 28 heavy (non-hydrogen) atoms. The number of hydrogen-bond acceptors (Lipinski definition) is 1. The SMILES string of the molecule is C(=C\[Si](c1ccccc1)(c1ccccc1)c1ccccc1)/Sc1ccccc1. The maximum atomic E-state index is 2.48. The number of rotatable bonds is 6. The minimum Gasteiger partial charge on any atom is -0.0988 e. The summed E-state index contributed by atoms with van der Waals surface area (Å²) in [5.41, 5.74) is 2.48. The minimum atomic E-state index is -2.28. The van der Waals surface area contributed by atoms with Crippen LogP contribution in [0.25, 0.3) is 0 Å². The molecular weight excluding hydrogens is 372 g/mol. The van der Waals surface area contributed by atoms with Crippen LogP contribution in [-0.4, -0.2) is 8.07 Å². The largest absolute Gasteiger partial charge is 0.172 e. The number of hydrogen-bond donors (Lipinski definition) is 0. The second-order valence-corrected chi connectivity index (χ2v) is 11.3. The van der Waals surface area contributed by atoms with Gasteiger partial charge in [-0.05, 0) is 33.1 Å². The summed E-state index contributed by atoms with van der Waals surface area (Å²) in [5, 5.41) is 6.49. The fourth-order valence-corrected chi connectivity index (χ4v) is 8.90. The molecule has 0 saturated carbocycles. The van der Waals surface area contributed by atoms with Crippen LogP contribution >= 0.6 is 11.8 Å². The van der Waals surface area contributed by atoms with E-state index in [0.29, 0.717) is 0 Å². The summed E-state index contributed by atoms with van der Waals surface area (Å²) in [5.74, 6) is 0. The molecule has 0 fully saturated rings. The molecule has 0 amide bonds. The fraction of sp³-hybridized carbons (Fsp3) is 0. The molecule has 136 valence electrons. The van der Waals surface area contributed by atoms with Gasteiger partial charge >= 0.3 is 0 Å². The zero-order valence-corrected chi connectivity index (χ0v) is 17.4. The van der Waals surface area contributed by atoms with Gasteiger partial charge in [0.1, 0.15) is 0 Å². The Morgan fingerprint density at radius 3 is 1.21 bits per heavy atom. The topological polar surface area (TPSA) is 0 Å². The van der Waals surface area contributed by atoms with E-state index in [4.69, 9.17) is 0 Å². The summed E-state index contributed by atoms with van der Waals surface area (Å²) in [7, 11) is -2.28. The zero-order valence-electron chi connectivity index (χ0n) is 15.6. The summed E-state index contributed by atoms with van der Waals surface area (Å²) in [6, 6.07) is 43.5. The van der Waals surface area contributed by atoms with Crippen LogP contribution in [0.1, 0.15) is 0 Å². The first-order chi connectivity index (χ1) is 13.9. The van der Waals surface area contributed by atoms with Crippen molar-refractivity contribution in [2.75, 3.05) is 0 Å². The van der Waals surface area contributed by atoms with Gasteiger partial charge in [-0.2, -0.15) is 0 Å². The van der Waals surface area contributed by atoms with Crippen molar-refractivity contribution in [2.45, 2.75) is 4.90 Å². The first-order valence-electron chi connectivity index (χ1n) is 9.45. The van der Waals surface area contributed by atoms with Gasteiger partial charge in [0.2, 0.25) is 0 Å². The molecule has 0 heterocycles. The molecule has 0 aliphatic heterocycles. The lowest BCUT2D eigenvalue weighted by molar-refractivity contribution is 1.47. The van der Waals surface area contributed by atoms with Crippen molar-refractivity contribution in [1.82, 2.24) is 0 Å². The first-order valence-corrected chi connectivity index (χ1v) is 12.4. The number of thioether (sulfide) groups is 1. The molecule has 0 radical (unpaired) electrons. The Hall–Kier alpha value is -2.81. The third-order valence-corrected chi connectivity index (χ3v) is 10.4. The summed E-state index contributed by atoms with van der Waals surface area (Å²) < 4.78 is 0. The van der Waals surface area contributed by atoms with E-state index in [2.05, 4.69) is 132 Å². The van der Waals surface area contributed by atoms with Crippen molar-refractivity contribution in [1.29, 1.82) is 0 Å². The molecule has 0 saturated heterocycles. The van der Waals surface area contributed by atoms with E-state index >= 15 is 0 Å². The standard InChI is InChI=1S/C26H22SSi/c1-5-13-23(14-6-1)27-21-22-28(24-15-7-2-8-16-24,25-17-9-3-10-18-25)26-19-11-4-12-20-26/h1-22H/b22-21+. The fourth-order valence-electron chi connectivity index (χ4n) is 3.61. The van der Waals surface area contributed by atoms with Gasteiger partial charge in [0.05, 0.1) is 0 Å². The van der Waals surface area contributed by atoms with Crippen LogP contribution in [0.3, 0.4) is 0 Å². The van der Waals surface area contributed by atoms with Crippen molar-refractivity contribution < 1.29 is 0 Å². The second kappa shape index (κ2) is 8.92. The van der Waals surface area contributed by atoms with E-state index in [1.54, 1.807) is 11.8 Å². The van der Waals surface area contributed by atoms with E-state index in [0.717, 1.165) is 0 Å². The van der Waals surface area contributed by atoms with Gasteiger partial charge in [-0.3, -0.25) is 0 Å². The highest BCUT2D eigenvalue weighted by Gasteiger charge is 2.36. The molecule has 0 bridgehead atoms. The van der Waals surface area contributed by atoms with Crippen molar-refractivity contribution in [3.63, 3.8) is 0 Å². The molecule has 0 spiro atoms. The van der Waals surface area contributed by atoms with Crippen LogP contribution in [-0.2, 0) is 0 Å². The van der Waals surface area contributed by atoms with Crippen LogP contribution in [0.4, 0.5) is 0 Å². The lowest BCUT2D eigenvalue weighted by atomic mass is 10.3. The minimum absolute atomic E-state index is 1.26. The molecular formula is C26H22SSi. The summed E-state index contributed by atoms with van der Waals surface area (Å²) in [4.78, 5) is 1.26. The maximum Gasteiger partial charge on any atom is 0.172 e. The molecule has 0 aliphatic carbocycles. The van der Waals surface area contributed by atoms with E-state index < -0.39 is 8.07 Å². The average molecular weight is 395 g/mol. The number of benzene rings is 4. The predicted molar refractivity (Wildman–Crippen MR) is 125 cm³/mol. The van der Waals surface area contributed by atoms with Crippen LogP contribution in [0.5, 0.6) is 0 Å². The quantitative estimate of drug-likeness (QED) is 0.252. The highest BCUT2D eigenvalue weighted by atomic mass is 32.2. The summed E-state index contributed by atoms with van der Waals surface area (Å²) >= 11 is 1.79. The molecule has 0 unspecified atom stereocenters. The second-order valence-electron chi connectivity index (χ2n) is 6.64. The van der Waals surface area contributed by atoms with E-state index in [1.165, 1.54) is 20.5 Å². The Balaban J connectivity index is 1.88. The lowest BCUT2D eigenvalue weighted by Crippen LogP contribution is -2.66. The van der Waals surface area contributed by atoms with Gasteiger partial charge in [0, 0.05) is 4.90 Å². The van der Waals surface area contributed by atoms with Crippen LogP contribution in [0.2, 0.25) is 0 Å².